The van der Waals surface area contributed by atoms with E-state index < -0.39 is 21.4 Å². The predicted molar refractivity (Wildman–Crippen MR) is 248 cm³/mol. The second-order valence-electron chi connectivity index (χ2n) is 15.6. The van der Waals surface area contributed by atoms with Crippen LogP contribution in [0.2, 0.25) is 0 Å². The maximum absolute atomic E-state index is 2.63. The van der Waals surface area contributed by atoms with Crippen LogP contribution in [-0.2, 0) is 5.41 Å². The molecule has 1 spiro atoms. The van der Waals surface area contributed by atoms with E-state index in [0.29, 0.717) is 0 Å². The van der Waals surface area contributed by atoms with Crippen molar-refractivity contribution in [3.8, 4) is 11.1 Å². The largest absolute Gasteiger partial charge is 0.310 e. The molecule has 12 rings (SSSR count). The number of hydrogen-bond acceptors (Lipinski definition) is 1. The van der Waals surface area contributed by atoms with Gasteiger partial charge in [0.1, 0.15) is 0 Å². The molecule has 0 aromatic heterocycles. The quantitative estimate of drug-likeness (QED) is 0.128. The van der Waals surface area contributed by atoms with Crippen molar-refractivity contribution < 1.29 is 0 Å². The third kappa shape index (κ3) is 4.45. The minimum Gasteiger partial charge on any atom is -0.310 e. The van der Waals surface area contributed by atoms with Crippen LogP contribution in [0.15, 0.2) is 231 Å². The van der Waals surface area contributed by atoms with E-state index in [1.54, 1.807) is 0 Å². The van der Waals surface area contributed by atoms with Gasteiger partial charge in [0.25, 0.3) is 0 Å². The fraction of sp³-hybridized carbons (Fsp3) is 0.0182. The Labute approximate surface area is 342 Å². The maximum atomic E-state index is 2.50. The van der Waals surface area contributed by atoms with Gasteiger partial charge in [-0.2, -0.15) is 0 Å². The summed E-state index contributed by atoms with van der Waals surface area (Å²) in [4.78, 5) is 2.50. The van der Waals surface area contributed by atoms with Crippen molar-refractivity contribution in [3.05, 3.63) is 253 Å². The van der Waals surface area contributed by atoms with Gasteiger partial charge in [0, 0.05) is 5.69 Å². The van der Waals surface area contributed by atoms with E-state index in [4.69, 9.17) is 0 Å². The van der Waals surface area contributed by atoms with E-state index in [9.17, 15) is 0 Å². The monoisotopic (exact) mass is 771 g/mol. The molecule has 0 saturated heterocycles. The molecule has 0 unspecified atom stereocenters. The molecule has 1 aliphatic carbocycles. The van der Waals surface area contributed by atoms with Gasteiger partial charge in [-0.05, 0) is 102 Å². The smallest absolute Gasteiger partial charge is 0.180 e. The first-order chi connectivity index (χ1) is 28.8. The third-order valence-corrected chi connectivity index (χ3v) is 20.8. The summed E-state index contributed by atoms with van der Waals surface area (Å²) < 4.78 is 0. The third-order valence-electron chi connectivity index (χ3n) is 12.9. The highest BCUT2D eigenvalue weighted by molar-refractivity contribution is 7.81. The van der Waals surface area contributed by atoms with Gasteiger partial charge < -0.3 is 4.90 Å². The van der Waals surface area contributed by atoms with Crippen LogP contribution in [-0.4, -0.2) is 8.07 Å². The van der Waals surface area contributed by atoms with E-state index in [2.05, 4.69) is 235 Å². The fourth-order valence-corrected chi connectivity index (χ4v) is 19.7. The van der Waals surface area contributed by atoms with Crippen LogP contribution in [0, 0.1) is 0 Å². The lowest BCUT2D eigenvalue weighted by atomic mass is 9.64. The van der Waals surface area contributed by atoms with Gasteiger partial charge in [0.15, 0.2) is 8.07 Å². The van der Waals surface area contributed by atoms with E-state index in [1.165, 1.54) is 87.1 Å². The second-order valence-corrected chi connectivity index (χ2v) is 21.5. The first-order valence-corrected chi connectivity index (χ1v) is 23.5. The second kappa shape index (κ2) is 13.0. The Bertz CT molecular complexity index is 2730. The van der Waals surface area contributed by atoms with Crippen LogP contribution in [0.5, 0.6) is 0 Å². The van der Waals surface area contributed by atoms with Gasteiger partial charge in [-0.1, -0.05) is 206 Å². The Balaban J connectivity index is 1.04. The number of para-hydroxylation sites is 2. The minimum absolute atomic E-state index is 0.413. The van der Waals surface area contributed by atoms with Gasteiger partial charge in [0.05, 0.1) is 16.8 Å². The van der Waals surface area contributed by atoms with Gasteiger partial charge in [-0.15, -0.1) is 0 Å². The maximum Gasteiger partial charge on any atom is 0.180 e. The van der Waals surface area contributed by atoms with E-state index in [1.807, 2.05) is 0 Å². The molecule has 0 radical (unpaired) electrons. The van der Waals surface area contributed by atoms with Crippen LogP contribution in [0.4, 0.5) is 17.1 Å². The van der Waals surface area contributed by atoms with Gasteiger partial charge in [-0.3, -0.25) is 0 Å². The summed E-state index contributed by atoms with van der Waals surface area (Å²) in [6.45, 7) is 0. The molecule has 9 aromatic carbocycles. The molecule has 3 aliphatic rings. The molecule has 0 saturated carbocycles. The van der Waals surface area contributed by atoms with E-state index in [-0.39, 0.29) is 0 Å². The van der Waals surface area contributed by atoms with Crippen molar-refractivity contribution >= 4 is 69.7 Å². The van der Waals surface area contributed by atoms with Crippen molar-refractivity contribution in [2.75, 3.05) is 4.90 Å². The number of rotatable bonds is 4. The highest BCUT2D eigenvalue weighted by atomic mass is 31.1. The summed E-state index contributed by atoms with van der Waals surface area (Å²) in [6, 6.07) is 87.3. The van der Waals surface area contributed by atoms with E-state index >= 15 is 0 Å². The average Bonchev–Trinajstić information content (AvgIpc) is 3.60. The first-order valence-electron chi connectivity index (χ1n) is 20.2. The molecule has 272 valence electrons. The molecule has 0 N–H and O–H groups in total. The molecule has 9 aromatic rings. The zero-order valence-electron chi connectivity index (χ0n) is 31.8. The van der Waals surface area contributed by atoms with Crippen LogP contribution < -0.4 is 41.6 Å². The zero-order chi connectivity index (χ0) is 38.3. The summed E-state index contributed by atoms with van der Waals surface area (Å²) in [5, 5.41) is 10.2. The Kier molecular flexibility index (Phi) is 7.51. The van der Waals surface area contributed by atoms with Crippen molar-refractivity contribution in [1.82, 2.24) is 0 Å². The van der Waals surface area contributed by atoms with Crippen molar-refractivity contribution in [1.29, 1.82) is 0 Å². The number of hydrogen-bond donors (Lipinski definition) is 0. The van der Waals surface area contributed by atoms with Crippen LogP contribution >= 0.6 is 7.92 Å². The molecule has 0 amide bonds. The normalized spacial score (nSPS) is 15.1. The van der Waals surface area contributed by atoms with Gasteiger partial charge in [0.2, 0.25) is 0 Å². The zero-order valence-corrected chi connectivity index (χ0v) is 33.7. The highest BCUT2D eigenvalue weighted by Crippen LogP contribution is 2.63. The Morgan fingerprint density at radius 3 is 1.24 bits per heavy atom. The summed E-state index contributed by atoms with van der Waals surface area (Å²) >= 11 is 0. The lowest BCUT2D eigenvalue weighted by Crippen LogP contribution is -2.81. The molecular weight excluding hydrogens is 734 g/mol. The van der Waals surface area contributed by atoms with Crippen LogP contribution in [0.1, 0.15) is 22.3 Å². The summed E-state index contributed by atoms with van der Waals surface area (Å²) in [5.41, 5.74) is 11.2. The lowest BCUT2D eigenvalue weighted by Gasteiger charge is -2.45. The SMILES string of the molecule is c1ccc([Si]2(c3ccccc3)c3ccccc3P(c3ccc(N4c5ccccc5C5(c6ccccc6-c6ccccc65)c5ccccc54)cc3)c3ccccc32)cc1. The van der Waals surface area contributed by atoms with Gasteiger partial charge >= 0.3 is 0 Å². The topological polar surface area (TPSA) is 3.24 Å². The first kappa shape index (κ1) is 33.6. The van der Waals surface area contributed by atoms with Crippen molar-refractivity contribution in [2.45, 2.75) is 5.41 Å². The Hall–Kier alpha value is -6.57. The fourth-order valence-electron chi connectivity index (χ4n) is 10.8. The molecular formula is C55H38NPSi. The van der Waals surface area contributed by atoms with Crippen molar-refractivity contribution in [3.63, 3.8) is 0 Å². The van der Waals surface area contributed by atoms with Crippen LogP contribution in [0.25, 0.3) is 11.1 Å². The molecule has 3 heteroatoms. The molecule has 0 atom stereocenters. The number of benzene rings is 9. The molecule has 2 aliphatic heterocycles. The average molecular weight is 772 g/mol. The molecule has 0 bridgehead atoms. The molecule has 1 nitrogen and oxygen atoms in total. The van der Waals surface area contributed by atoms with E-state index in [0.717, 1.165) is 0 Å². The Morgan fingerprint density at radius 2 is 0.741 bits per heavy atom. The summed E-state index contributed by atoms with van der Waals surface area (Å²) in [7, 11) is -3.45. The number of nitrogens with zero attached hydrogens (tertiary/aromatic N) is 1. The minimum atomic E-state index is -2.63. The highest BCUT2D eigenvalue weighted by Gasteiger charge is 2.52. The molecule has 0 fully saturated rings. The lowest BCUT2D eigenvalue weighted by molar-refractivity contribution is 0.752. The van der Waals surface area contributed by atoms with Crippen LogP contribution in [0.3, 0.4) is 0 Å². The van der Waals surface area contributed by atoms with Gasteiger partial charge in [-0.25, -0.2) is 0 Å². The number of anilines is 3. The standard InChI is InChI=1S/C55H38NPSi/c1-3-19-41(20-4-1)58(42-21-5-2-6-22-42)53-33-17-15-31-51(53)57(52-32-16-18-34-54(52)58)40-37-35-39(36-38-40)56-49-29-13-11-27-47(49)55(48-28-12-14-30-50(48)56)45-25-9-7-23-43(45)44-24-8-10-26-46(44)55/h1-38H. The Morgan fingerprint density at radius 1 is 0.345 bits per heavy atom. The molecule has 2 heterocycles. The predicted octanol–water partition coefficient (Wildman–Crippen LogP) is 9.28. The van der Waals surface area contributed by atoms with Crippen molar-refractivity contribution in [2.24, 2.45) is 0 Å². The summed E-state index contributed by atoms with van der Waals surface area (Å²) in [6.07, 6.45) is 0. The number of fused-ring (bicyclic) bond motifs is 11. The summed E-state index contributed by atoms with van der Waals surface area (Å²) in [5.74, 6) is 0. The molecule has 58 heavy (non-hydrogen) atoms.